The number of nitrogens with zero attached hydrogens (tertiary/aromatic N) is 4. The van der Waals surface area contributed by atoms with E-state index in [0.717, 1.165) is 64.1 Å². The summed E-state index contributed by atoms with van der Waals surface area (Å²) in [4.78, 5) is 33.6. The molecular formula is C24H35FN4O3. The summed E-state index contributed by atoms with van der Waals surface area (Å²) in [6.45, 7) is 8.16. The Kier molecular flexibility index (Phi) is 6.88. The molecule has 3 fully saturated rings. The molecule has 7 nitrogen and oxygen atoms in total. The number of amides is 2. The van der Waals surface area contributed by atoms with Crippen LogP contribution in [0.25, 0.3) is 0 Å². The number of anilines is 1. The topological polar surface area (TPSA) is 56.3 Å². The van der Waals surface area contributed by atoms with E-state index in [-0.39, 0.29) is 29.3 Å². The summed E-state index contributed by atoms with van der Waals surface area (Å²) in [6.07, 6.45) is 3.04. The summed E-state index contributed by atoms with van der Waals surface area (Å²) in [5, 5.41) is 0. The first kappa shape index (κ1) is 22.8. The molecule has 3 saturated heterocycles. The highest BCUT2D eigenvalue weighted by atomic mass is 19.1. The molecule has 4 rings (SSSR count). The lowest BCUT2D eigenvalue weighted by molar-refractivity contribution is -0.137. The fourth-order valence-electron chi connectivity index (χ4n) is 5.47. The first-order valence-corrected chi connectivity index (χ1v) is 11.8. The van der Waals surface area contributed by atoms with Gasteiger partial charge >= 0.3 is 6.09 Å². The Bertz CT molecular complexity index is 802. The normalized spacial score (nSPS) is 23.8. The number of ether oxygens (including phenoxy) is 1. The summed E-state index contributed by atoms with van der Waals surface area (Å²) in [5.41, 5.74) is 0.757. The van der Waals surface area contributed by atoms with Crippen LogP contribution >= 0.6 is 0 Å². The van der Waals surface area contributed by atoms with E-state index in [1.807, 2.05) is 31.0 Å². The number of benzene rings is 1. The standard InChI is InChI=1S/C24H35FN4O3/c1-3-32-23(31)29-12-9-24(10-13-29)18-21(26(2)22(24)30)8-11-27-14-16-28(17-15-27)20-6-4-19(25)5-7-20/h4-7,21H,3,8-18H2,1-2H3/t21-/m0/s1. The van der Waals surface area contributed by atoms with E-state index >= 15 is 0 Å². The number of hydrogen-bond acceptors (Lipinski definition) is 5. The van der Waals surface area contributed by atoms with Crippen molar-refractivity contribution < 1.29 is 18.7 Å². The quantitative estimate of drug-likeness (QED) is 0.696. The lowest BCUT2D eigenvalue weighted by Crippen LogP contribution is -2.47. The molecule has 0 aromatic heterocycles. The Morgan fingerprint density at radius 3 is 2.38 bits per heavy atom. The first-order chi connectivity index (χ1) is 15.4. The number of piperazine rings is 1. The molecule has 32 heavy (non-hydrogen) atoms. The average Bonchev–Trinajstić information content (AvgIpc) is 3.04. The number of carbonyl (C=O) groups is 2. The zero-order valence-corrected chi connectivity index (χ0v) is 19.3. The number of carbonyl (C=O) groups excluding carboxylic acids is 2. The molecule has 1 aromatic carbocycles. The van der Waals surface area contributed by atoms with Crippen molar-refractivity contribution in [3.63, 3.8) is 0 Å². The molecule has 2 amide bonds. The Morgan fingerprint density at radius 1 is 1.09 bits per heavy atom. The monoisotopic (exact) mass is 446 g/mol. The molecule has 3 aliphatic heterocycles. The first-order valence-electron chi connectivity index (χ1n) is 11.8. The van der Waals surface area contributed by atoms with Gasteiger partial charge in [0.1, 0.15) is 5.82 Å². The Labute approximate surface area is 190 Å². The third kappa shape index (κ3) is 4.70. The van der Waals surface area contributed by atoms with Gasteiger partial charge < -0.3 is 19.4 Å². The van der Waals surface area contributed by atoms with E-state index in [1.165, 1.54) is 12.1 Å². The number of piperidine rings is 1. The fourth-order valence-corrected chi connectivity index (χ4v) is 5.47. The molecule has 3 aliphatic rings. The second-order valence-electron chi connectivity index (χ2n) is 9.33. The number of hydrogen-bond donors (Lipinski definition) is 0. The van der Waals surface area contributed by atoms with Gasteiger partial charge in [-0.1, -0.05) is 0 Å². The summed E-state index contributed by atoms with van der Waals surface area (Å²) < 4.78 is 18.3. The van der Waals surface area contributed by atoms with E-state index in [9.17, 15) is 14.0 Å². The van der Waals surface area contributed by atoms with E-state index in [1.54, 1.807) is 4.90 Å². The van der Waals surface area contributed by atoms with E-state index < -0.39 is 0 Å². The van der Waals surface area contributed by atoms with Gasteiger partial charge in [0.15, 0.2) is 0 Å². The molecule has 1 aromatic rings. The largest absolute Gasteiger partial charge is 0.450 e. The average molecular weight is 447 g/mol. The van der Waals surface area contributed by atoms with Crippen molar-refractivity contribution in [2.75, 3.05) is 64.4 Å². The number of rotatable bonds is 5. The zero-order chi connectivity index (χ0) is 22.7. The van der Waals surface area contributed by atoms with Crippen LogP contribution in [-0.2, 0) is 9.53 Å². The Morgan fingerprint density at radius 2 is 1.75 bits per heavy atom. The van der Waals surface area contributed by atoms with Gasteiger partial charge in [0.2, 0.25) is 5.91 Å². The lowest BCUT2D eigenvalue weighted by atomic mass is 9.76. The summed E-state index contributed by atoms with van der Waals surface area (Å²) >= 11 is 0. The number of halogens is 1. The minimum absolute atomic E-state index is 0.202. The Balaban J connectivity index is 1.25. The van der Waals surface area contributed by atoms with Gasteiger partial charge in [0.05, 0.1) is 12.0 Å². The minimum atomic E-state index is -0.316. The molecule has 0 saturated carbocycles. The molecule has 176 valence electrons. The van der Waals surface area contributed by atoms with Crippen molar-refractivity contribution >= 4 is 17.7 Å². The maximum absolute atomic E-state index is 13.2. The minimum Gasteiger partial charge on any atom is -0.450 e. The smallest absolute Gasteiger partial charge is 0.409 e. The summed E-state index contributed by atoms with van der Waals surface area (Å²) in [7, 11) is 1.94. The van der Waals surface area contributed by atoms with Crippen molar-refractivity contribution in [2.45, 2.75) is 38.6 Å². The maximum atomic E-state index is 13.2. The second-order valence-corrected chi connectivity index (χ2v) is 9.33. The van der Waals surface area contributed by atoms with Crippen molar-refractivity contribution in [3.8, 4) is 0 Å². The molecule has 1 atom stereocenters. The number of likely N-dealkylation sites (tertiary alicyclic amines) is 2. The summed E-state index contributed by atoms with van der Waals surface area (Å²) in [6, 6.07) is 6.98. The predicted molar refractivity (Wildman–Crippen MR) is 121 cm³/mol. The van der Waals surface area contributed by atoms with Crippen molar-refractivity contribution in [3.05, 3.63) is 30.1 Å². The molecule has 0 N–H and O–H groups in total. The zero-order valence-electron chi connectivity index (χ0n) is 19.3. The molecular weight excluding hydrogens is 411 g/mol. The highest BCUT2D eigenvalue weighted by molar-refractivity contribution is 5.85. The van der Waals surface area contributed by atoms with E-state index in [2.05, 4.69) is 9.80 Å². The van der Waals surface area contributed by atoms with Gasteiger partial charge in [0.25, 0.3) is 0 Å². The van der Waals surface area contributed by atoms with E-state index in [4.69, 9.17) is 4.74 Å². The van der Waals surface area contributed by atoms with Crippen LogP contribution in [0.3, 0.4) is 0 Å². The molecule has 8 heteroatoms. The van der Waals surface area contributed by atoms with Gasteiger partial charge in [-0.15, -0.1) is 0 Å². The molecule has 3 heterocycles. The van der Waals surface area contributed by atoms with Gasteiger partial charge in [-0.25, -0.2) is 9.18 Å². The van der Waals surface area contributed by atoms with Crippen LogP contribution in [0.15, 0.2) is 24.3 Å². The van der Waals surface area contributed by atoms with E-state index in [0.29, 0.717) is 19.7 Å². The summed E-state index contributed by atoms with van der Waals surface area (Å²) in [5.74, 6) is 0.0408. The molecule has 0 unspecified atom stereocenters. The Hall–Kier alpha value is -2.35. The van der Waals surface area contributed by atoms with Crippen LogP contribution in [-0.4, -0.2) is 92.2 Å². The highest BCUT2D eigenvalue weighted by Crippen LogP contribution is 2.44. The van der Waals surface area contributed by atoms with Crippen LogP contribution in [0.4, 0.5) is 14.9 Å². The van der Waals surface area contributed by atoms with Gasteiger partial charge in [0, 0.05) is 64.6 Å². The van der Waals surface area contributed by atoms with Crippen molar-refractivity contribution in [1.82, 2.24) is 14.7 Å². The molecule has 1 spiro atoms. The molecule has 0 radical (unpaired) electrons. The molecule has 0 bridgehead atoms. The highest BCUT2D eigenvalue weighted by Gasteiger charge is 2.51. The van der Waals surface area contributed by atoms with Crippen LogP contribution in [0.5, 0.6) is 0 Å². The maximum Gasteiger partial charge on any atom is 0.409 e. The van der Waals surface area contributed by atoms with Crippen LogP contribution in [0.1, 0.15) is 32.6 Å². The van der Waals surface area contributed by atoms with Crippen LogP contribution < -0.4 is 4.90 Å². The fraction of sp³-hybridized carbons (Fsp3) is 0.667. The van der Waals surface area contributed by atoms with Gasteiger partial charge in [-0.05, 0) is 56.9 Å². The van der Waals surface area contributed by atoms with Crippen molar-refractivity contribution in [2.24, 2.45) is 5.41 Å². The van der Waals surface area contributed by atoms with Crippen molar-refractivity contribution in [1.29, 1.82) is 0 Å². The predicted octanol–water partition coefficient (Wildman–Crippen LogP) is 2.81. The van der Waals surface area contributed by atoms with Crippen LogP contribution in [0, 0.1) is 11.2 Å². The third-order valence-electron chi connectivity index (χ3n) is 7.54. The van der Waals surface area contributed by atoms with Gasteiger partial charge in [-0.3, -0.25) is 9.69 Å². The SMILES string of the molecule is CCOC(=O)N1CCC2(CC1)C[C@H](CCN1CCN(c3ccc(F)cc3)CC1)N(C)C2=O. The third-order valence-corrected chi connectivity index (χ3v) is 7.54. The lowest BCUT2D eigenvalue weighted by Gasteiger charge is -2.37. The van der Waals surface area contributed by atoms with Crippen LogP contribution in [0.2, 0.25) is 0 Å². The van der Waals surface area contributed by atoms with Gasteiger partial charge in [-0.2, -0.15) is 0 Å². The molecule has 0 aliphatic carbocycles. The second kappa shape index (κ2) is 9.65.